The molecule has 0 spiro atoms. The van der Waals surface area contributed by atoms with E-state index in [9.17, 15) is 0 Å². The summed E-state index contributed by atoms with van der Waals surface area (Å²) in [5.41, 5.74) is 13.0. The zero-order chi connectivity index (χ0) is 17.0. The summed E-state index contributed by atoms with van der Waals surface area (Å²) < 4.78 is 2.34. The molecule has 2 aromatic carbocycles. The highest BCUT2D eigenvalue weighted by atomic mass is 15.0. The van der Waals surface area contributed by atoms with Crippen LogP contribution >= 0.6 is 0 Å². The van der Waals surface area contributed by atoms with Crippen molar-refractivity contribution in [3.8, 4) is 22.5 Å². The Balaban J connectivity index is 1.94. The lowest BCUT2D eigenvalue weighted by Gasteiger charge is -2.10. The Bertz CT molecular complexity index is 984. The molecular weight excluding hydrogens is 292 g/mol. The third-order valence-corrected chi connectivity index (χ3v) is 5.45. The van der Waals surface area contributed by atoms with E-state index >= 15 is 0 Å². The number of rotatable bonds is 1. The normalized spacial score (nSPS) is 12.2. The lowest BCUT2D eigenvalue weighted by molar-refractivity contribution is -0.667. The van der Waals surface area contributed by atoms with Gasteiger partial charge in [-0.25, -0.2) is 4.98 Å². The Kier molecular flexibility index (Phi) is 3.31. The van der Waals surface area contributed by atoms with Gasteiger partial charge in [-0.3, -0.25) is 0 Å². The standard InChI is InChI=1S/C22H23N2/c1-13-9-15(3)16(4)19(10-13)21-12-23-22-17-8-6-7-14(2)18(17)11-20(22)24(21)5/h6-10,12H,11H2,1-5H3/q+1. The highest BCUT2D eigenvalue weighted by Crippen LogP contribution is 2.36. The molecule has 2 heteroatoms. The van der Waals surface area contributed by atoms with E-state index in [1.807, 2.05) is 6.20 Å². The van der Waals surface area contributed by atoms with Crippen molar-refractivity contribution in [2.24, 2.45) is 7.05 Å². The van der Waals surface area contributed by atoms with E-state index in [2.05, 4.69) is 69.6 Å². The highest BCUT2D eigenvalue weighted by molar-refractivity contribution is 5.73. The van der Waals surface area contributed by atoms with Crippen LogP contribution in [-0.2, 0) is 13.5 Å². The Labute approximate surface area is 143 Å². The summed E-state index contributed by atoms with van der Waals surface area (Å²) in [6.45, 7) is 8.75. The number of fused-ring (bicyclic) bond motifs is 3. The van der Waals surface area contributed by atoms with Crippen LogP contribution in [-0.4, -0.2) is 4.98 Å². The maximum atomic E-state index is 4.86. The lowest BCUT2D eigenvalue weighted by atomic mass is 9.98. The van der Waals surface area contributed by atoms with Gasteiger partial charge < -0.3 is 0 Å². The number of benzene rings is 2. The average molecular weight is 315 g/mol. The van der Waals surface area contributed by atoms with Crippen LogP contribution in [0.3, 0.4) is 0 Å². The summed E-state index contributed by atoms with van der Waals surface area (Å²) in [6, 6.07) is 11.0. The minimum Gasteiger partial charge on any atom is -0.243 e. The van der Waals surface area contributed by atoms with Gasteiger partial charge in [0.2, 0.25) is 11.4 Å². The fourth-order valence-corrected chi connectivity index (χ4v) is 3.90. The van der Waals surface area contributed by atoms with Gasteiger partial charge in [-0.15, -0.1) is 0 Å². The monoisotopic (exact) mass is 315 g/mol. The molecule has 0 fully saturated rings. The summed E-state index contributed by atoms with van der Waals surface area (Å²) in [4.78, 5) is 4.86. The van der Waals surface area contributed by atoms with Gasteiger partial charge in [0.25, 0.3) is 0 Å². The second-order valence-electron chi connectivity index (χ2n) is 7.03. The fourth-order valence-electron chi connectivity index (χ4n) is 3.90. The van der Waals surface area contributed by atoms with Crippen LogP contribution in [0.2, 0.25) is 0 Å². The van der Waals surface area contributed by atoms with E-state index in [0.29, 0.717) is 0 Å². The lowest BCUT2D eigenvalue weighted by Crippen LogP contribution is -2.36. The Morgan fingerprint density at radius 1 is 0.958 bits per heavy atom. The molecule has 24 heavy (non-hydrogen) atoms. The van der Waals surface area contributed by atoms with Crippen LogP contribution in [0.5, 0.6) is 0 Å². The number of hydrogen-bond acceptors (Lipinski definition) is 1. The molecule has 0 unspecified atom stereocenters. The van der Waals surface area contributed by atoms with E-state index in [0.717, 1.165) is 12.1 Å². The molecule has 0 bridgehead atoms. The molecule has 0 saturated carbocycles. The quantitative estimate of drug-likeness (QED) is 0.476. The van der Waals surface area contributed by atoms with Crippen LogP contribution in [0.15, 0.2) is 36.5 Å². The van der Waals surface area contributed by atoms with Crippen molar-refractivity contribution < 1.29 is 4.57 Å². The molecule has 0 N–H and O–H groups in total. The summed E-state index contributed by atoms with van der Waals surface area (Å²) in [5, 5.41) is 0. The van der Waals surface area contributed by atoms with Crippen molar-refractivity contribution in [2.75, 3.05) is 0 Å². The van der Waals surface area contributed by atoms with Crippen LogP contribution in [0.4, 0.5) is 0 Å². The maximum absolute atomic E-state index is 4.86. The Morgan fingerprint density at radius 3 is 2.54 bits per heavy atom. The molecule has 0 amide bonds. The number of aryl methyl sites for hydroxylation is 3. The van der Waals surface area contributed by atoms with Crippen molar-refractivity contribution in [3.63, 3.8) is 0 Å². The number of nitrogens with zero attached hydrogens (tertiary/aromatic N) is 2. The maximum Gasteiger partial charge on any atom is 0.231 e. The highest BCUT2D eigenvalue weighted by Gasteiger charge is 2.30. The molecule has 0 saturated heterocycles. The minimum absolute atomic E-state index is 0.971. The summed E-state index contributed by atoms with van der Waals surface area (Å²) in [6.07, 6.45) is 3.01. The zero-order valence-corrected chi connectivity index (χ0v) is 15.1. The van der Waals surface area contributed by atoms with Gasteiger partial charge in [0.15, 0.2) is 0 Å². The van der Waals surface area contributed by atoms with Gasteiger partial charge in [-0.1, -0.05) is 29.8 Å². The van der Waals surface area contributed by atoms with Gasteiger partial charge in [-0.05, 0) is 56.0 Å². The molecule has 2 nitrogen and oxygen atoms in total. The van der Waals surface area contributed by atoms with Crippen LogP contribution in [0, 0.1) is 27.7 Å². The largest absolute Gasteiger partial charge is 0.243 e. The van der Waals surface area contributed by atoms with Crippen LogP contribution in [0.1, 0.15) is 33.5 Å². The molecule has 1 aliphatic carbocycles. The van der Waals surface area contributed by atoms with E-state index in [1.165, 1.54) is 50.3 Å². The summed E-state index contributed by atoms with van der Waals surface area (Å²) in [5.74, 6) is 0. The first-order chi connectivity index (χ1) is 11.5. The van der Waals surface area contributed by atoms with Gasteiger partial charge in [0, 0.05) is 5.56 Å². The van der Waals surface area contributed by atoms with Crippen molar-refractivity contribution in [3.05, 3.63) is 70.0 Å². The fraction of sp³-hybridized carbons (Fsp3) is 0.273. The van der Waals surface area contributed by atoms with E-state index < -0.39 is 0 Å². The zero-order valence-electron chi connectivity index (χ0n) is 15.1. The molecule has 0 radical (unpaired) electrons. The van der Waals surface area contributed by atoms with Crippen molar-refractivity contribution in [2.45, 2.75) is 34.1 Å². The molecule has 4 rings (SSSR count). The van der Waals surface area contributed by atoms with Gasteiger partial charge >= 0.3 is 0 Å². The first-order valence-corrected chi connectivity index (χ1v) is 8.52. The predicted molar refractivity (Wildman–Crippen MR) is 98.0 cm³/mol. The van der Waals surface area contributed by atoms with Gasteiger partial charge in [-0.2, -0.15) is 4.57 Å². The minimum atomic E-state index is 0.971. The topological polar surface area (TPSA) is 16.8 Å². The first-order valence-electron chi connectivity index (χ1n) is 8.52. The third kappa shape index (κ3) is 2.10. The van der Waals surface area contributed by atoms with Crippen LogP contribution < -0.4 is 4.57 Å². The third-order valence-electron chi connectivity index (χ3n) is 5.45. The molecule has 1 aromatic heterocycles. The van der Waals surface area contributed by atoms with E-state index in [4.69, 9.17) is 4.98 Å². The van der Waals surface area contributed by atoms with Gasteiger partial charge in [0.05, 0.1) is 12.0 Å². The van der Waals surface area contributed by atoms with E-state index in [1.54, 1.807) is 0 Å². The smallest absolute Gasteiger partial charge is 0.231 e. The average Bonchev–Trinajstić information content (AvgIpc) is 2.93. The summed E-state index contributed by atoms with van der Waals surface area (Å²) >= 11 is 0. The Hall–Kier alpha value is -2.48. The second kappa shape index (κ2) is 5.27. The summed E-state index contributed by atoms with van der Waals surface area (Å²) in [7, 11) is 2.17. The molecule has 1 heterocycles. The first kappa shape index (κ1) is 15.1. The molecule has 0 atom stereocenters. The van der Waals surface area contributed by atoms with Crippen LogP contribution in [0.25, 0.3) is 22.5 Å². The Morgan fingerprint density at radius 2 is 1.75 bits per heavy atom. The van der Waals surface area contributed by atoms with Crippen molar-refractivity contribution in [1.29, 1.82) is 0 Å². The predicted octanol–water partition coefficient (Wildman–Crippen LogP) is 4.38. The van der Waals surface area contributed by atoms with Gasteiger partial charge in [0.1, 0.15) is 18.9 Å². The van der Waals surface area contributed by atoms with E-state index in [-0.39, 0.29) is 0 Å². The SMILES string of the molecule is Cc1cc(C)c(C)c(-c2cnc3c([n+]2C)Cc2c(C)cccc2-3)c1. The van der Waals surface area contributed by atoms with Crippen molar-refractivity contribution in [1.82, 2.24) is 4.98 Å². The number of aromatic nitrogens is 2. The molecule has 3 aromatic rings. The molecule has 1 aliphatic rings. The molecular formula is C22H23N2+. The molecule has 120 valence electrons. The van der Waals surface area contributed by atoms with Crippen molar-refractivity contribution >= 4 is 0 Å². The molecule has 0 aliphatic heterocycles. The number of hydrogen-bond donors (Lipinski definition) is 0. The second-order valence-corrected chi connectivity index (χ2v) is 7.03.